The molecule has 0 unspecified atom stereocenters. The maximum absolute atomic E-state index is 12.8. The predicted octanol–water partition coefficient (Wildman–Crippen LogP) is 4.20. The minimum atomic E-state index is -0.0939. The van der Waals surface area contributed by atoms with Crippen LogP contribution in [-0.2, 0) is 24.6 Å². The van der Waals surface area contributed by atoms with Crippen molar-refractivity contribution in [2.45, 2.75) is 26.7 Å². The van der Waals surface area contributed by atoms with E-state index in [0.717, 1.165) is 16.6 Å². The Hall–Kier alpha value is -4.66. The molecule has 0 aliphatic heterocycles. The molecule has 0 saturated carbocycles. The van der Waals surface area contributed by atoms with Gasteiger partial charge in [-0.25, -0.2) is 0 Å². The number of nitrogens with zero attached hydrogens (tertiary/aromatic N) is 5. The van der Waals surface area contributed by atoms with Gasteiger partial charge in [0.05, 0.1) is 24.2 Å². The van der Waals surface area contributed by atoms with Crippen molar-refractivity contribution >= 4 is 22.9 Å². The molecule has 0 radical (unpaired) electrons. The molecule has 0 aliphatic carbocycles. The fourth-order valence-electron chi connectivity index (χ4n) is 4.01. The number of aryl methyl sites for hydroxylation is 1. The number of rotatable bonds is 9. The lowest BCUT2D eigenvalue weighted by Crippen LogP contribution is -2.22. The van der Waals surface area contributed by atoms with E-state index in [9.17, 15) is 4.79 Å². The molecular weight excluding hydrogens is 458 g/mol. The van der Waals surface area contributed by atoms with Gasteiger partial charge in [-0.2, -0.15) is 0 Å². The van der Waals surface area contributed by atoms with Crippen molar-refractivity contribution in [3.8, 4) is 11.5 Å². The quantitative estimate of drug-likeness (QED) is 0.230. The Labute approximate surface area is 207 Å². The van der Waals surface area contributed by atoms with Crippen molar-refractivity contribution in [3.63, 3.8) is 0 Å². The Balaban J connectivity index is 1.31. The Morgan fingerprint density at radius 2 is 1.75 bits per heavy atom. The summed E-state index contributed by atoms with van der Waals surface area (Å²) in [5.41, 5.74) is 2.49. The summed E-state index contributed by atoms with van der Waals surface area (Å²) < 4.78 is 14.8. The van der Waals surface area contributed by atoms with Crippen molar-refractivity contribution in [1.82, 2.24) is 19.2 Å². The topological polar surface area (TPSA) is 92.2 Å². The number of para-hydroxylation sites is 1. The molecule has 2 aromatic heterocycles. The summed E-state index contributed by atoms with van der Waals surface area (Å²) in [5, 5.41) is 13.2. The average molecular weight is 484 g/mol. The monoisotopic (exact) mass is 483 g/mol. The molecule has 5 rings (SSSR count). The van der Waals surface area contributed by atoms with Gasteiger partial charge in [0.1, 0.15) is 6.61 Å². The summed E-state index contributed by atoms with van der Waals surface area (Å²) in [4.78, 5) is 18.3. The van der Waals surface area contributed by atoms with Gasteiger partial charge in [0.25, 0.3) is 5.56 Å². The third kappa shape index (κ3) is 4.50. The fraction of sp³-hybridized carbons (Fsp3) is 0.185. The second-order valence-electron chi connectivity index (χ2n) is 8.01. The van der Waals surface area contributed by atoms with Gasteiger partial charge in [0.15, 0.2) is 23.9 Å². The molecule has 0 amide bonds. The van der Waals surface area contributed by atoms with Gasteiger partial charge in [0, 0.05) is 12.1 Å². The summed E-state index contributed by atoms with van der Waals surface area (Å²) in [6, 6.07) is 22.9. The minimum Gasteiger partial charge on any atom is -0.493 e. The molecule has 0 bridgehead atoms. The van der Waals surface area contributed by atoms with Crippen LogP contribution in [0.1, 0.15) is 23.9 Å². The third-order valence-electron chi connectivity index (χ3n) is 5.79. The molecule has 3 aromatic carbocycles. The molecule has 36 heavy (non-hydrogen) atoms. The summed E-state index contributed by atoms with van der Waals surface area (Å²) in [5.74, 6) is 2.26. The summed E-state index contributed by atoms with van der Waals surface area (Å²) in [7, 11) is 1.60. The van der Waals surface area contributed by atoms with E-state index in [1.165, 1.54) is 0 Å². The van der Waals surface area contributed by atoms with Crippen LogP contribution in [0.25, 0.3) is 16.7 Å². The van der Waals surface area contributed by atoms with Gasteiger partial charge < -0.3 is 14.3 Å². The Kier molecular flexibility index (Phi) is 6.61. The summed E-state index contributed by atoms with van der Waals surface area (Å²) in [6.45, 7) is 2.91. The Morgan fingerprint density at radius 3 is 2.56 bits per heavy atom. The van der Waals surface area contributed by atoms with Gasteiger partial charge in [0.2, 0.25) is 5.78 Å². The molecule has 0 fully saturated rings. The molecule has 2 heterocycles. The maximum atomic E-state index is 12.8. The van der Waals surface area contributed by atoms with Crippen LogP contribution in [0.5, 0.6) is 11.5 Å². The van der Waals surface area contributed by atoms with E-state index in [1.54, 1.807) is 24.0 Å². The Bertz CT molecular complexity index is 1590. The Morgan fingerprint density at radius 1 is 0.944 bits per heavy atom. The maximum Gasteiger partial charge on any atom is 0.262 e. The van der Waals surface area contributed by atoms with Crippen molar-refractivity contribution in [3.05, 3.63) is 100 Å². The molecule has 9 heteroatoms. The van der Waals surface area contributed by atoms with Crippen LogP contribution >= 0.6 is 0 Å². The van der Waals surface area contributed by atoms with Crippen LogP contribution in [0, 0.1) is 0 Å². The third-order valence-corrected chi connectivity index (χ3v) is 5.79. The normalized spacial score (nSPS) is 11.4. The molecule has 0 spiro atoms. The molecule has 0 N–H and O–H groups in total. The number of aromatic nitrogens is 4. The van der Waals surface area contributed by atoms with Gasteiger partial charge >= 0.3 is 0 Å². The fourth-order valence-corrected chi connectivity index (χ4v) is 4.01. The van der Waals surface area contributed by atoms with Gasteiger partial charge in [-0.3, -0.25) is 13.8 Å². The molecule has 0 saturated heterocycles. The standard InChI is InChI=1S/C27H25N5O4/c1-3-31-26(33)21-11-7-8-12-22(21)32-25(29-30-27(31)32)18-36-28-16-20-13-14-23(24(15-20)34-2)35-17-19-9-5-4-6-10-19/h4-16H,3,17-18H2,1-2H3/b28-16+. The van der Waals surface area contributed by atoms with Gasteiger partial charge in [-0.05, 0) is 42.8 Å². The smallest absolute Gasteiger partial charge is 0.262 e. The first kappa shape index (κ1) is 23.1. The van der Waals surface area contributed by atoms with E-state index in [0.29, 0.717) is 41.6 Å². The molecule has 9 nitrogen and oxygen atoms in total. The van der Waals surface area contributed by atoms with E-state index in [1.807, 2.05) is 78.1 Å². The van der Waals surface area contributed by atoms with Crippen molar-refractivity contribution in [2.24, 2.45) is 5.16 Å². The van der Waals surface area contributed by atoms with E-state index in [4.69, 9.17) is 14.3 Å². The largest absolute Gasteiger partial charge is 0.493 e. The van der Waals surface area contributed by atoms with E-state index in [2.05, 4.69) is 15.4 Å². The molecular formula is C27H25N5O4. The van der Waals surface area contributed by atoms with Crippen molar-refractivity contribution < 1.29 is 14.3 Å². The van der Waals surface area contributed by atoms with Crippen LogP contribution in [0.15, 0.2) is 82.7 Å². The summed E-state index contributed by atoms with van der Waals surface area (Å²) in [6.07, 6.45) is 1.59. The van der Waals surface area contributed by atoms with E-state index in [-0.39, 0.29) is 12.2 Å². The zero-order valence-electron chi connectivity index (χ0n) is 20.0. The number of fused-ring (bicyclic) bond motifs is 3. The number of hydrogen-bond donors (Lipinski definition) is 0. The second-order valence-corrected chi connectivity index (χ2v) is 8.01. The number of hydrogen-bond acceptors (Lipinski definition) is 7. The highest BCUT2D eigenvalue weighted by Gasteiger charge is 2.15. The first-order chi connectivity index (χ1) is 17.7. The van der Waals surface area contributed by atoms with Crippen LogP contribution < -0.4 is 15.0 Å². The number of ether oxygens (including phenoxy) is 2. The zero-order chi connectivity index (χ0) is 24.9. The van der Waals surface area contributed by atoms with Crippen molar-refractivity contribution in [2.75, 3.05) is 7.11 Å². The molecule has 182 valence electrons. The SMILES string of the molecule is CCn1c(=O)c2ccccc2n2c(CO/N=C/c3ccc(OCc4ccccc4)c(OC)c3)nnc12. The van der Waals surface area contributed by atoms with E-state index < -0.39 is 0 Å². The average Bonchev–Trinajstić information content (AvgIpc) is 3.35. The molecule has 0 aliphatic rings. The number of benzene rings is 3. The van der Waals surface area contributed by atoms with Crippen LogP contribution in [0.4, 0.5) is 0 Å². The van der Waals surface area contributed by atoms with Crippen LogP contribution in [0.3, 0.4) is 0 Å². The molecule has 5 aromatic rings. The number of methoxy groups -OCH3 is 1. The lowest BCUT2D eigenvalue weighted by molar-refractivity contribution is 0.125. The highest BCUT2D eigenvalue weighted by atomic mass is 16.6. The minimum absolute atomic E-state index is 0.0823. The lowest BCUT2D eigenvalue weighted by atomic mass is 10.2. The molecule has 0 atom stereocenters. The van der Waals surface area contributed by atoms with Gasteiger partial charge in [-0.15, -0.1) is 10.2 Å². The number of oxime groups is 1. The van der Waals surface area contributed by atoms with E-state index >= 15 is 0 Å². The first-order valence-electron chi connectivity index (χ1n) is 11.5. The lowest BCUT2D eigenvalue weighted by Gasteiger charge is -2.11. The highest BCUT2D eigenvalue weighted by Crippen LogP contribution is 2.28. The van der Waals surface area contributed by atoms with Gasteiger partial charge in [-0.1, -0.05) is 47.6 Å². The highest BCUT2D eigenvalue weighted by molar-refractivity contribution is 5.81. The summed E-state index contributed by atoms with van der Waals surface area (Å²) >= 11 is 0. The van der Waals surface area contributed by atoms with Crippen LogP contribution in [0.2, 0.25) is 0 Å². The van der Waals surface area contributed by atoms with Crippen molar-refractivity contribution in [1.29, 1.82) is 0 Å². The first-order valence-corrected chi connectivity index (χ1v) is 11.5. The zero-order valence-corrected chi connectivity index (χ0v) is 20.0. The second kappa shape index (κ2) is 10.3. The van der Waals surface area contributed by atoms with Crippen LogP contribution in [-0.4, -0.2) is 32.5 Å². The predicted molar refractivity (Wildman–Crippen MR) is 137 cm³/mol.